The first-order chi connectivity index (χ1) is 16.0. The van der Waals surface area contributed by atoms with Crippen molar-refractivity contribution in [1.29, 1.82) is 0 Å². The molecule has 3 aromatic rings. The van der Waals surface area contributed by atoms with Gasteiger partial charge in [0.1, 0.15) is 16.7 Å². The van der Waals surface area contributed by atoms with Gasteiger partial charge in [-0.25, -0.2) is 8.42 Å². The van der Waals surface area contributed by atoms with Crippen LogP contribution in [0.2, 0.25) is 0 Å². The maximum absolute atomic E-state index is 14.0. The Morgan fingerprint density at radius 2 is 1.30 bits per heavy atom. The Bertz CT molecular complexity index is 1060. The van der Waals surface area contributed by atoms with Gasteiger partial charge in [-0.15, -0.1) is 6.58 Å². The second-order valence-electron chi connectivity index (χ2n) is 7.77. The highest BCUT2D eigenvalue weighted by Crippen LogP contribution is 2.32. The Morgan fingerprint density at radius 3 is 1.73 bits per heavy atom. The van der Waals surface area contributed by atoms with E-state index in [1.165, 1.54) is 0 Å². The highest BCUT2D eigenvalue weighted by atomic mass is 32.2. The number of rotatable bonds is 12. The van der Waals surface area contributed by atoms with E-state index in [1.807, 2.05) is 78.9 Å². The average Bonchev–Trinajstić information content (AvgIpc) is 2.85. The average molecular weight is 466 g/mol. The lowest BCUT2D eigenvalue weighted by Gasteiger charge is -2.28. The van der Waals surface area contributed by atoms with E-state index in [2.05, 4.69) is 6.58 Å². The smallest absolute Gasteiger partial charge is 0.221 e. The zero-order valence-corrected chi connectivity index (χ0v) is 20.0. The van der Waals surface area contributed by atoms with Gasteiger partial charge in [-0.2, -0.15) is 4.31 Å². The van der Waals surface area contributed by atoms with Crippen molar-refractivity contribution in [3.63, 3.8) is 0 Å². The van der Waals surface area contributed by atoms with E-state index in [9.17, 15) is 8.42 Å². The molecule has 0 aliphatic carbocycles. The van der Waals surface area contributed by atoms with Crippen molar-refractivity contribution in [1.82, 2.24) is 4.31 Å². The minimum absolute atomic E-state index is 0.260. The summed E-state index contributed by atoms with van der Waals surface area (Å²) in [5.41, 5.74) is 2.57. The predicted octanol–water partition coefficient (Wildman–Crippen LogP) is 5.74. The lowest BCUT2D eigenvalue weighted by molar-refractivity contribution is 0.389. The van der Waals surface area contributed by atoms with Crippen LogP contribution in [0.3, 0.4) is 0 Å². The summed E-state index contributed by atoms with van der Waals surface area (Å²) in [4.78, 5) is 0. The molecule has 0 amide bonds. The molecule has 33 heavy (non-hydrogen) atoms. The van der Waals surface area contributed by atoms with Crippen molar-refractivity contribution in [3.8, 4) is 11.5 Å². The molecule has 0 N–H and O–H groups in total. The topological polar surface area (TPSA) is 55.8 Å². The van der Waals surface area contributed by atoms with Gasteiger partial charge < -0.3 is 9.47 Å². The predicted molar refractivity (Wildman–Crippen MR) is 133 cm³/mol. The Hall–Kier alpha value is -3.09. The zero-order chi connectivity index (χ0) is 23.7. The van der Waals surface area contributed by atoms with Gasteiger partial charge in [0, 0.05) is 13.1 Å². The number of hydrogen-bond acceptors (Lipinski definition) is 4. The summed E-state index contributed by atoms with van der Waals surface area (Å²) in [7, 11) is -0.472. The third-order valence-corrected chi connectivity index (χ3v) is 7.76. The van der Waals surface area contributed by atoms with Crippen molar-refractivity contribution in [2.75, 3.05) is 14.2 Å². The largest absolute Gasteiger partial charge is 0.497 e. The van der Waals surface area contributed by atoms with E-state index in [1.54, 1.807) is 24.6 Å². The van der Waals surface area contributed by atoms with Crippen LogP contribution in [0, 0.1) is 0 Å². The summed E-state index contributed by atoms with van der Waals surface area (Å²) in [6.07, 6.45) is 2.85. The van der Waals surface area contributed by atoms with Gasteiger partial charge in [0.15, 0.2) is 0 Å². The maximum Gasteiger partial charge on any atom is 0.221 e. The Balaban J connectivity index is 1.98. The fourth-order valence-electron chi connectivity index (χ4n) is 3.71. The van der Waals surface area contributed by atoms with E-state index in [-0.39, 0.29) is 13.1 Å². The molecule has 0 aromatic heterocycles. The Morgan fingerprint density at radius 1 is 0.818 bits per heavy atom. The SMILES string of the molecule is C=CCC[C@H](c1ccccc1)S(=O)(=O)N(Cc1ccc(OC)cc1)Cc1ccc(OC)cc1. The molecule has 0 unspecified atom stereocenters. The van der Waals surface area contributed by atoms with Crippen molar-refractivity contribution in [3.05, 3.63) is 108 Å². The standard InChI is InChI=1S/C27H31NO4S/c1-4-5-11-27(24-9-7-6-8-10-24)33(29,30)28(20-22-12-16-25(31-2)17-13-22)21-23-14-18-26(32-3)19-15-23/h4,6-10,12-19,27H,1,5,11,20-21H2,2-3H3/t27-/m1/s1. The molecule has 0 heterocycles. The first-order valence-electron chi connectivity index (χ1n) is 10.9. The molecule has 5 nitrogen and oxygen atoms in total. The number of benzene rings is 3. The number of hydrogen-bond donors (Lipinski definition) is 0. The Kier molecular flexibility index (Phi) is 8.69. The maximum atomic E-state index is 14.0. The molecule has 0 fully saturated rings. The molecular weight excluding hydrogens is 434 g/mol. The van der Waals surface area contributed by atoms with Crippen LogP contribution >= 0.6 is 0 Å². The lowest BCUT2D eigenvalue weighted by Crippen LogP contribution is -2.34. The monoisotopic (exact) mass is 465 g/mol. The molecule has 174 valence electrons. The van der Waals surface area contributed by atoms with Crippen molar-refractivity contribution in [2.24, 2.45) is 0 Å². The molecule has 6 heteroatoms. The van der Waals surface area contributed by atoms with E-state index in [4.69, 9.17) is 9.47 Å². The van der Waals surface area contributed by atoms with Gasteiger partial charge >= 0.3 is 0 Å². The second kappa shape index (κ2) is 11.7. The van der Waals surface area contributed by atoms with E-state index < -0.39 is 15.3 Å². The molecule has 0 radical (unpaired) electrons. The molecule has 0 bridgehead atoms. The van der Waals surface area contributed by atoms with Gasteiger partial charge in [0.05, 0.1) is 14.2 Å². The molecule has 3 rings (SSSR count). The molecule has 3 aromatic carbocycles. The molecule has 1 atom stereocenters. The van der Waals surface area contributed by atoms with Gasteiger partial charge in [0.25, 0.3) is 0 Å². The lowest BCUT2D eigenvalue weighted by atomic mass is 10.1. The summed E-state index contributed by atoms with van der Waals surface area (Å²) < 4.78 is 40.1. The number of methoxy groups -OCH3 is 2. The number of nitrogens with zero attached hydrogens (tertiary/aromatic N) is 1. The summed E-state index contributed by atoms with van der Waals surface area (Å²) in [6.45, 7) is 4.31. The summed E-state index contributed by atoms with van der Waals surface area (Å²) in [6, 6.07) is 24.4. The zero-order valence-electron chi connectivity index (χ0n) is 19.2. The third-order valence-electron chi connectivity index (χ3n) is 5.56. The minimum atomic E-state index is -3.69. The van der Waals surface area contributed by atoms with Crippen LogP contribution in [-0.4, -0.2) is 26.9 Å². The van der Waals surface area contributed by atoms with E-state index in [0.717, 1.165) is 28.2 Å². The summed E-state index contributed by atoms with van der Waals surface area (Å²) >= 11 is 0. The van der Waals surface area contributed by atoms with Gasteiger partial charge in [0.2, 0.25) is 10.0 Å². The number of ether oxygens (including phenoxy) is 2. The fraction of sp³-hybridized carbons (Fsp3) is 0.259. The van der Waals surface area contributed by atoms with Crippen LogP contribution in [0.4, 0.5) is 0 Å². The third kappa shape index (κ3) is 6.46. The number of sulfonamides is 1. The molecule has 0 aliphatic heterocycles. The molecule has 0 spiro atoms. The van der Waals surface area contributed by atoms with Crippen LogP contribution in [0.1, 0.15) is 34.8 Å². The molecule has 0 saturated carbocycles. The van der Waals surface area contributed by atoms with Crippen LogP contribution < -0.4 is 9.47 Å². The van der Waals surface area contributed by atoms with Gasteiger partial charge in [-0.1, -0.05) is 60.7 Å². The van der Waals surface area contributed by atoms with Crippen LogP contribution in [-0.2, 0) is 23.1 Å². The Labute approximate surface area is 197 Å². The fourth-order valence-corrected chi connectivity index (χ4v) is 5.66. The normalized spacial score (nSPS) is 12.3. The second-order valence-corrected chi connectivity index (χ2v) is 9.89. The highest BCUT2D eigenvalue weighted by molar-refractivity contribution is 7.89. The molecular formula is C27H31NO4S. The van der Waals surface area contributed by atoms with Crippen LogP contribution in [0.25, 0.3) is 0 Å². The minimum Gasteiger partial charge on any atom is -0.497 e. The summed E-state index contributed by atoms with van der Waals surface area (Å²) in [5, 5.41) is -0.659. The van der Waals surface area contributed by atoms with Gasteiger partial charge in [-0.3, -0.25) is 0 Å². The van der Waals surface area contributed by atoms with E-state index >= 15 is 0 Å². The molecule has 0 saturated heterocycles. The first-order valence-corrected chi connectivity index (χ1v) is 12.4. The van der Waals surface area contributed by atoms with Crippen molar-refractivity contribution in [2.45, 2.75) is 31.2 Å². The summed E-state index contributed by atoms with van der Waals surface area (Å²) in [5.74, 6) is 1.47. The quantitative estimate of drug-likeness (QED) is 0.320. The number of allylic oxidation sites excluding steroid dienone is 1. The molecule has 0 aliphatic rings. The first kappa shape index (κ1) is 24.6. The van der Waals surface area contributed by atoms with Crippen molar-refractivity contribution >= 4 is 10.0 Å². The van der Waals surface area contributed by atoms with Crippen LogP contribution in [0.15, 0.2) is 91.5 Å². The van der Waals surface area contributed by atoms with Crippen LogP contribution in [0.5, 0.6) is 11.5 Å². The van der Waals surface area contributed by atoms with Crippen molar-refractivity contribution < 1.29 is 17.9 Å². The highest BCUT2D eigenvalue weighted by Gasteiger charge is 2.33. The van der Waals surface area contributed by atoms with Gasteiger partial charge in [-0.05, 0) is 53.8 Å². The van der Waals surface area contributed by atoms with E-state index in [0.29, 0.717) is 12.8 Å².